The lowest BCUT2D eigenvalue weighted by molar-refractivity contribution is -0.387. The molecule has 0 aliphatic carbocycles. The maximum absolute atomic E-state index is 13.0. The number of carbonyl (C=O) groups is 1. The maximum Gasteiger partial charge on any atom is 0.307 e. The Balaban J connectivity index is 3.43. The van der Waals surface area contributed by atoms with Gasteiger partial charge in [-0.1, -0.05) is 11.6 Å². The van der Waals surface area contributed by atoms with E-state index in [1.54, 1.807) is 0 Å². The fraction of sp³-hybridized carbons (Fsp3) is 0.125. The van der Waals surface area contributed by atoms with Crippen molar-refractivity contribution in [3.63, 3.8) is 0 Å². The van der Waals surface area contributed by atoms with Crippen LogP contribution in [0.3, 0.4) is 0 Å². The first-order valence-corrected chi connectivity index (χ1v) is 3.95. The van der Waals surface area contributed by atoms with E-state index in [1.165, 1.54) is 6.92 Å². The minimum absolute atomic E-state index is 0.0168. The number of nitro groups is 1. The zero-order valence-electron chi connectivity index (χ0n) is 7.08. The van der Waals surface area contributed by atoms with Gasteiger partial charge in [-0.05, 0) is 13.0 Å². The lowest BCUT2D eigenvalue weighted by Crippen LogP contribution is -1.98. The van der Waals surface area contributed by atoms with Crippen LogP contribution in [0.15, 0.2) is 12.1 Å². The maximum atomic E-state index is 13.0. The predicted molar refractivity (Wildman–Crippen MR) is 48.1 cm³/mol. The summed E-state index contributed by atoms with van der Waals surface area (Å²) < 4.78 is 13.0. The Morgan fingerprint density at radius 1 is 1.57 bits per heavy atom. The van der Waals surface area contributed by atoms with Gasteiger partial charge in [-0.2, -0.15) is 4.39 Å². The monoisotopic (exact) mass is 217 g/mol. The van der Waals surface area contributed by atoms with Crippen molar-refractivity contribution in [3.05, 3.63) is 38.7 Å². The summed E-state index contributed by atoms with van der Waals surface area (Å²) in [7, 11) is 0. The Morgan fingerprint density at radius 3 is 2.57 bits per heavy atom. The Hall–Kier alpha value is -1.49. The van der Waals surface area contributed by atoms with Gasteiger partial charge in [0.1, 0.15) is 0 Å². The number of ketones is 1. The van der Waals surface area contributed by atoms with E-state index in [2.05, 4.69) is 0 Å². The molecule has 74 valence electrons. The number of hydrogen-bond donors (Lipinski definition) is 0. The molecule has 0 aliphatic rings. The molecule has 0 unspecified atom stereocenters. The van der Waals surface area contributed by atoms with Gasteiger partial charge in [-0.15, -0.1) is 0 Å². The van der Waals surface area contributed by atoms with Crippen molar-refractivity contribution < 1.29 is 14.1 Å². The molecule has 0 fully saturated rings. The van der Waals surface area contributed by atoms with Crippen LogP contribution in [-0.2, 0) is 0 Å². The minimum Gasteiger partial charge on any atom is -0.295 e. The van der Waals surface area contributed by atoms with Gasteiger partial charge < -0.3 is 0 Å². The van der Waals surface area contributed by atoms with Gasteiger partial charge in [0.05, 0.1) is 9.95 Å². The molecule has 0 aromatic heterocycles. The van der Waals surface area contributed by atoms with E-state index in [0.29, 0.717) is 0 Å². The van der Waals surface area contributed by atoms with Crippen LogP contribution in [-0.4, -0.2) is 10.7 Å². The zero-order chi connectivity index (χ0) is 10.9. The molecule has 0 spiro atoms. The average molecular weight is 218 g/mol. The summed E-state index contributed by atoms with van der Waals surface area (Å²) in [4.78, 5) is 20.3. The normalized spacial score (nSPS) is 9.93. The molecule has 1 aromatic rings. The third kappa shape index (κ3) is 1.88. The number of hydrogen-bond acceptors (Lipinski definition) is 3. The Kier molecular flexibility index (Phi) is 2.81. The topological polar surface area (TPSA) is 60.2 Å². The van der Waals surface area contributed by atoms with Crippen molar-refractivity contribution in [2.45, 2.75) is 6.92 Å². The number of halogens is 2. The summed E-state index contributed by atoms with van der Waals surface area (Å²) in [6.45, 7) is 1.22. The van der Waals surface area contributed by atoms with Gasteiger partial charge in [0.15, 0.2) is 5.78 Å². The van der Waals surface area contributed by atoms with E-state index >= 15 is 0 Å². The van der Waals surface area contributed by atoms with E-state index < -0.39 is 27.2 Å². The Bertz CT molecular complexity index is 419. The molecule has 0 N–H and O–H groups in total. The number of nitrogens with zero attached hydrogens (tertiary/aromatic N) is 1. The molecule has 0 amide bonds. The van der Waals surface area contributed by atoms with Crippen molar-refractivity contribution in [1.82, 2.24) is 0 Å². The highest BCUT2D eigenvalue weighted by Gasteiger charge is 2.19. The molecular formula is C8H5ClFNO3. The molecule has 0 saturated heterocycles. The second-order valence-electron chi connectivity index (χ2n) is 2.60. The van der Waals surface area contributed by atoms with Crippen LogP contribution in [0.4, 0.5) is 10.1 Å². The average Bonchev–Trinajstić information content (AvgIpc) is 2.08. The molecule has 0 heterocycles. The first kappa shape index (κ1) is 10.6. The molecular weight excluding hydrogens is 213 g/mol. The third-order valence-corrected chi connectivity index (χ3v) is 1.89. The van der Waals surface area contributed by atoms with Gasteiger partial charge in [0.25, 0.3) is 0 Å². The van der Waals surface area contributed by atoms with Crippen LogP contribution in [0.2, 0.25) is 5.02 Å². The fourth-order valence-corrected chi connectivity index (χ4v) is 1.13. The van der Waals surface area contributed by atoms with Crippen LogP contribution in [0.25, 0.3) is 0 Å². The quantitative estimate of drug-likeness (QED) is 0.435. The Labute approximate surface area is 83.4 Å². The summed E-state index contributed by atoms with van der Waals surface area (Å²) in [6, 6.07) is 1.93. The number of rotatable bonds is 2. The van der Waals surface area contributed by atoms with Crippen molar-refractivity contribution >= 4 is 23.1 Å². The van der Waals surface area contributed by atoms with Gasteiger partial charge >= 0.3 is 5.69 Å². The van der Waals surface area contributed by atoms with Crippen LogP contribution in [0, 0.1) is 15.9 Å². The first-order chi connectivity index (χ1) is 6.43. The van der Waals surface area contributed by atoms with Crippen LogP contribution < -0.4 is 0 Å². The summed E-state index contributed by atoms with van der Waals surface area (Å²) >= 11 is 5.38. The summed E-state index contributed by atoms with van der Waals surface area (Å²) in [5.41, 5.74) is -0.772. The molecule has 1 rings (SSSR count). The largest absolute Gasteiger partial charge is 0.307 e. The van der Waals surface area contributed by atoms with Crippen LogP contribution in [0.1, 0.15) is 17.3 Å². The molecule has 0 atom stereocenters. The second-order valence-corrected chi connectivity index (χ2v) is 3.01. The van der Waals surface area contributed by atoms with E-state index in [9.17, 15) is 19.3 Å². The van der Waals surface area contributed by atoms with Crippen molar-refractivity contribution in [1.29, 1.82) is 0 Å². The van der Waals surface area contributed by atoms with E-state index in [-0.39, 0.29) is 5.56 Å². The SMILES string of the molecule is CC(=O)c1cc(Cl)c(F)c([N+](=O)[O-])c1. The lowest BCUT2D eigenvalue weighted by atomic mass is 10.1. The number of nitro benzene ring substituents is 1. The van der Waals surface area contributed by atoms with E-state index in [4.69, 9.17) is 11.6 Å². The van der Waals surface area contributed by atoms with Crippen molar-refractivity contribution in [2.75, 3.05) is 0 Å². The summed E-state index contributed by atoms with van der Waals surface area (Å²) in [5.74, 6) is -1.53. The van der Waals surface area contributed by atoms with Crippen molar-refractivity contribution in [2.24, 2.45) is 0 Å². The third-order valence-electron chi connectivity index (χ3n) is 1.61. The predicted octanol–water partition coefficient (Wildman–Crippen LogP) is 2.59. The van der Waals surface area contributed by atoms with Crippen molar-refractivity contribution in [3.8, 4) is 0 Å². The number of carbonyl (C=O) groups excluding carboxylic acids is 1. The summed E-state index contributed by atoms with van der Waals surface area (Å²) in [6.07, 6.45) is 0. The Morgan fingerprint density at radius 2 is 2.14 bits per heavy atom. The fourth-order valence-electron chi connectivity index (χ4n) is 0.911. The standard InChI is InChI=1S/C8H5ClFNO3/c1-4(12)5-2-6(9)8(10)7(3-5)11(13)14/h2-3H,1H3. The van der Waals surface area contributed by atoms with Crippen LogP contribution >= 0.6 is 11.6 Å². The molecule has 0 radical (unpaired) electrons. The second kappa shape index (κ2) is 3.71. The highest BCUT2D eigenvalue weighted by Crippen LogP contribution is 2.26. The molecule has 0 bridgehead atoms. The molecule has 0 saturated carbocycles. The van der Waals surface area contributed by atoms with E-state index in [1.807, 2.05) is 0 Å². The number of benzene rings is 1. The highest BCUT2D eigenvalue weighted by molar-refractivity contribution is 6.31. The van der Waals surface area contributed by atoms with Gasteiger partial charge in [0, 0.05) is 11.6 Å². The summed E-state index contributed by atoms with van der Waals surface area (Å²) in [5, 5.41) is 9.92. The molecule has 4 nitrogen and oxygen atoms in total. The van der Waals surface area contributed by atoms with E-state index in [0.717, 1.165) is 12.1 Å². The molecule has 1 aromatic carbocycles. The van der Waals surface area contributed by atoms with Gasteiger partial charge in [0.2, 0.25) is 5.82 Å². The molecule has 6 heteroatoms. The number of Topliss-reactive ketones (excluding diaryl/α,β-unsaturated/α-hetero) is 1. The van der Waals surface area contributed by atoms with Crippen LogP contribution in [0.5, 0.6) is 0 Å². The highest BCUT2D eigenvalue weighted by atomic mass is 35.5. The zero-order valence-corrected chi connectivity index (χ0v) is 7.84. The van der Waals surface area contributed by atoms with Gasteiger partial charge in [-0.25, -0.2) is 0 Å². The minimum atomic E-state index is -1.12. The molecule has 0 aliphatic heterocycles. The lowest BCUT2D eigenvalue weighted by Gasteiger charge is -1.99. The van der Waals surface area contributed by atoms with Gasteiger partial charge in [-0.3, -0.25) is 14.9 Å². The molecule has 14 heavy (non-hydrogen) atoms. The first-order valence-electron chi connectivity index (χ1n) is 3.58. The smallest absolute Gasteiger partial charge is 0.295 e.